The number of imide groups is 2. The first-order chi connectivity index (χ1) is 14.7. The Kier molecular flexibility index (Phi) is 4.95. The summed E-state index contributed by atoms with van der Waals surface area (Å²) in [5.41, 5.74) is -1.31. The summed E-state index contributed by atoms with van der Waals surface area (Å²) in [7, 11) is 0. The molecule has 10 heteroatoms. The zero-order chi connectivity index (χ0) is 22.4. The van der Waals surface area contributed by atoms with Gasteiger partial charge in [0.15, 0.2) is 0 Å². The molecule has 4 N–H and O–H groups in total. The van der Waals surface area contributed by atoms with E-state index in [2.05, 4.69) is 21.3 Å². The maximum absolute atomic E-state index is 13.0. The molecule has 1 aromatic carbocycles. The Morgan fingerprint density at radius 3 is 2.65 bits per heavy atom. The Balaban J connectivity index is 1.46. The van der Waals surface area contributed by atoms with Crippen molar-refractivity contribution in [1.82, 2.24) is 20.9 Å². The molecule has 164 valence electrons. The van der Waals surface area contributed by atoms with Gasteiger partial charge in [-0.3, -0.25) is 24.6 Å². The lowest BCUT2D eigenvalue weighted by Gasteiger charge is -2.36. The molecule has 0 radical (unpaired) electrons. The number of nitrogens with zero attached hydrogens (tertiary/aromatic N) is 1. The third-order valence-corrected chi connectivity index (χ3v) is 6.57. The van der Waals surface area contributed by atoms with Crippen LogP contribution < -0.4 is 21.3 Å². The van der Waals surface area contributed by atoms with Crippen molar-refractivity contribution in [3.63, 3.8) is 0 Å². The summed E-state index contributed by atoms with van der Waals surface area (Å²) < 4.78 is 0. The second kappa shape index (κ2) is 7.36. The molecular formula is C21H25N5O5. The molecule has 1 spiro atoms. The van der Waals surface area contributed by atoms with Crippen molar-refractivity contribution in [3.05, 3.63) is 29.8 Å². The molecule has 7 amide bonds. The van der Waals surface area contributed by atoms with Gasteiger partial charge in [-0.15, -0.1) is 0 Å². The smallest absolute Gasteiger partial charge is 0.325 e. The van der Waals surface area contributed by atoms with Crippen LogP contribution in [0.4, 0.5) is 15.3 Å². The molecule has 0 bridgehead atoms. The Morgan fingerprint density at radius 1 is 1.19 bits per heavy atom. The van der Waals surface area contributed by atoms with Crippen molar-refractivity contribution in [2.75, 3.05) is 11.9 Å². The van der Waals surface area contributed by atoms with Crippen LogP contribution in [-0.2, 0) is 19.9 Å². The van der Waals surface area contributed by atoms with E-state index >= 15 is 0 Å². The minimum absolute atomic E-state index is 0.0101. The fraction of sp³-hybridized carbons (Fsp3) is 0.476. The maximum atomic E-state index is 13.0. The van der Waals surface area contributed by atoms with Gasteiger partial charge in [-0.05, 0) is 43.4 Å². The summed E-state index contributed by atoms with van der Waals surface area (Å²) in [5.74, 6) is -1.37. The van der Waals surface area contributed by atoms with Gasteiger partial charge in [-0.1, -0.05) is 31.9 Å². The van der Waals surface area contributed by atoms with Gasteiger partial charge in [0.1, 0.15) is 17.6 Å². The number of nitrogens with one attached hydrogen (secondary N) is 4. The van der Waals surface area contributed by atoms with Crippen LogP contribution in [0.5, 0.6) is 0 Å². The lowest BCUT2D eigenvalue weighted by Crippen LogP contribution is -2.54. The normalized spacial score (nSPS) is 30.3. The molecule has 10 nitrogen and oxygen atoms in total. The van der Waals surface area contributed by atoms with E-state index in [1.54, 1.807) is 31.2 Å². The SMILES string of the molecule is CC1CCCCC12NC(=O)N(CC(=O)Nc1cccc(C3(C)NC(=O)NC3=O)c1)C2=O. The highest BCUT2D eigenvalue weighted by Crippen LogP contribution is 2.38. The summed E-state index contributed by atoms with van der Waals surface area (Å²) in [6.45, 7) is 3.11. The molecule has 1 saturated carbocycles. The van der Waals surface area contributed by atoms with Crippen LogP contribution in [0.2, 0.25) is 0 Å². The highest BCUT2D eigenvalue weighted by atomic mass is 16.2. The van der Waals surface area contributed by atoms with Crippen molar-refractivity contribution >= 4 is 35.5 Å². The molecule has 31 heavy (non-hydrogen) atoms. The Hall–Kier alpha value is -3.43. The number of amides is 7. The second-order valence-electron chi connectivity index (χ2n) is 8.60. The molecule has 2 heterocycles. The molecule has 1 aliphatic carbocycles. The Morgan fingerprint density at radius 2 is 1.97 bits per heavy atom. The molecule has 0 aromatic heterocycles. The minimum Gasteiger partial charge on any atom is -0.325 e. The molecule has 2 saturated heterocycles. The zero-order valence-corrected chi connectivity index (χ0v) is 17.4. The average Bonchev–Trinajstić information content (AvgIpc) is 3.12. The monoisotopic (exact) mass is 427 g/mol. The first-order valence-electron chi connectivity index (χ1n) is 10.3. The van der Waals surface area contributed by atoms with Gasteiger partial charge in [0.25, 0.3) is 11.8 Å². The van der Waals surface area contributed by atoms with Gasteiger partial charge in [0, 0.05) is 5.69 Å². The summed E-state index contributed by atoms with van der Waals surface area (Å²) in [5, 5.41) is 10.2. The molecular weight excluding hydrogens is 402 g/mol. The third kappa shape index (κ3) is 3.41. The van der Waals surface area contributed by atoms with Gasteiger partial charge in [-0.2, -0.15) is 0 Å². The van der Waals surface area contributed by atoms with Crippen molar-refractivity contribution < 1.29 is 24.0 Å². The van der Waals surface area contributed by atoms with Gasteiger partial charge in [0.2, 0.25) is 5.91 Å². The molecule has 2 aliphatic heterocycles. The number of carbonyl (C=O) groups is 5. The highest BCUT2D eigenvalue weighted by molar-refractivity contribution is 6.10. The van der Waals surface area contributed by atoms with Crippen LogP contribution in [0, 0.1) is 5.92 Å². The topological polar surface area (TPSA) is 137 Å². The van der Waals surface area contributed by atoms with Crippen LogP contribution in [0.1, 0.15) is 45.1 Å². The van der Waals surface area contributed by atoms with Gasteiger partial charge >= 0.3 is 12.1 Å². The number of carbonyl (C=O) groups excluding carboxylic acids is 5. The fourth-order valence-electron chi connectivity index (χ4n) is 4.64. The van der Waals surface area contributed by atoms with Crippen LogP contribution in [0.25, 0.3) is 0 Å². The number of hydrogen-bond donors (Lipinski definition) is 4. The minimum atomic E-state index is -1.26. The lowest BCUT2D eigenvalue weighted by atomic mass is 9.73. The highest BCUT2D eigenvalue weighted by Gasteiger charge is 2.55. The molecule has 3 atom stereocenters. The van der Waals surface area contributed by atoms with Gasteiger partial charge in [-0.25, -0.2) is 9.59 Å². The number of hydrogen-bond acceptors (Lipinski definition) is 5. The molecule has 4 rings (SSSR count). The maximum Gasteiger partial charge on any atom is 0.325 e. The molecule has 3 fully saturated rings. The molecule has 3 unspecified atom stereocenters. The van der Waals surface area contributed by atoms with E-state index in [1.165, 1.54) is 0 Å². The Bertz CT molecular complexity index is 994. The Labute approximate surface area is 179 Å². The summed E-state index contributed by atoms with van der Waals surface area (Å²) in [4.78, 5) is 62.7. The lowest BCUT2D eigenvalue weighted by molar-refractivity contribution is -0.136. The van der Waals surface area contributed by atoms with Crippen LogP contribution >= 0.6 is 0 Å². The predicted octanol–water partition coefficient (Wildman–Crippen LogP) is 1.18. The van der Waals surface area contributed by atoms with Crippen LogP contribution in [-0.4, -0.2) is 46.8 Å². The van der Waals surface area contributed by atoms with Gasteiger partial charge < -0.3 is 16.0 Å². The number of rotatable bonds is 4. The van der Waals surface area contributed by atoms with Crippen molar-refractivity contribution in [2.45, 2.75) is 50.6 Å². The largest absolute Gasteiger partial charge is 0.325 e. The van der Waals surface area contributed by atoms with E-state index in [0.717, 1.165) is 24.2 Å². The third-order valence-electron chi connectivity index (χ3n) is 6.57. The van der Waals surface area contributed by atoms with Crippen molar-refractivity contribution in [1.29, 1.82) is 0 Å². The summed E-state index contributed by atoms with van der Waals surface area (Å²) in [6.07, 6.45) is 3.29. The quantitative estimate of drug-likeness (QED) is 0.535. The average molecular weight is 427 g/mol. The van der Waals surface area contributed by atoms with Crippen molar-refractivity contribution in [3.8, 4) is 0 Å². The standard InChI is InChI=1S/C21H25N5O5/c1-12-6-3-4-9-21(12)17(29)26(19(31)25-21)11-15(27)22-14-8-5-7-13(10-14)20(2)16(28)23-18(30)24-20/h5,7-8,10,12H,3-4,6,9,11H2,1-2H3,(H,22,27)(H,25,31)(H2,23,24,28,30). The predicted molar refractivity (Wildman–Crippen MR) is 110 cm³/mol. The van der Waals surface area contributed by atoms with E-state index in [-0.39, 0.29) is 11.8 Å². The van der Waals surface area contributed by atoms with E-state index in [9.17, 15) is 24.0 Å². The number of urea groups is 2. The molecule has 3 aliphatic rings. The molecule has 1 aromatic rings. The van der Waals surface area contributed by atoms with E-state index < -0.39 is 41.5 Å². The van der Waals surface area contributed by atoms with Crippen LogP contribution in [0.15, 0.2) is 24.3 Å². The number of benzene rings is 1. The fourth-order valence-corrected chi connectivity index (χ4v) is 4.64. The van der Waals surface area contributed by atoms with E-state index in [1.807, 2.05) is 6.92 Å². The number of anilines is 1. The first-order valence-corrected chi connectivity index (χ1v) is 10.3. The van der Waals surface area contributed by atoms with Gasteiger partial charge in [0.05, 0.1) is 0 Å². The van der Waals surface area contributed by atoms with E-state index in [0.29, 0.717) is 17.7 Å². The zero-order valence-electron chi connectivity index (χ0n) is 17.4. The second-order valence-corrected chi connectivity index (χ2v) is 8.60. The summed E-state index contributed by atoms with van der Waals surface area (Å²) in [6, 6.07) is 5.34. The first kappa shape index (κ1) is 20.8. The van der Waals surface area contributed by atoms with E-state index in [4.69, 9.17) is 0 Å². The van der Waals surface area contributed by atoms with Crippen molar-refractivity contribution in [2.24, 2.45) is 5.92 Å². The summed E-state index contributed by atoms with van der Waals surface area (Å²) >= 11 is 0. The van der Waals surface area contributed by atoms with Crippen LogP contribution in [0.3, 0.4) is 0 Å².